The van der Waals surface area contributed by atoms with E-state index in [9.17, 15) is 23.1 Å². The molecule has 1 aromatic rings. The Morgan fingerprint density at radius 3 is 2.39 bits per heavy atom. The molecule has 0 aliphatic carbocycles. The van der Waals surface area contributed by atoms with Crippen molar-refractivity contribution in [3.8, 4) is 5.75 Å². The Labute approximate surface area is 98.9 Å². The van der Waals surface area contributed by atoms with Crippen molar-refractivity contribution >= 4 is 5.97 Å². The first-order chi connectivity index (χ1) is 8.32. The van der Waals surface area contributed by atoms with Gasteiger partial charge in [-0.3, -0.25) is 0 Å². The van der Waals surface area contributed by atoms with E-state index in [2.05, 4.69) is 15.0 Å². The number of benzene rings is 1. The molecule has 1 heterocycles. The van der Waals surface area contributed by atoms with Gasteiger partial charge in [0.25, 0.3) is 0 Å². The zero-order chi connectivity index (χ0) is 13.6. The maximum Gasteiger partial charge on any atom is 0.442 e. The highest BCUT2D eigenvalue weighted by atomic mass is 19.4. The van der Waals surface area contributed by atoms with Gasteiger partial charge in [-0.25, -0.2) is 4.79 Å². The van der Waals surface area contributed by atoms with Crippen LogP contribution in [0.4, 0.5) is 13.2 Å². The first kappa shape index (κ1) is 12.3. The average Bonchev–Trinajstić information content (AvgIpc) is 3.08. The minimum absolute atomic E-state index is 0.223. The van der Waals surface area contributed by atoms with Crippen LogP contribution in [0.3, 0.4) is 0 Å². The van der Waals surface area contributed by atoms with Crippen LogP contribution in [0.15, 0.2) is 28.4 Å². The number of halogens is 3. The Hall–Kier alpha value is -2.12. The highest BCUT2D eigenvalue weighted by Crippen LogP contribution is 2.52. The number of carbonyl (C=O) groups excluding carboxylic acids is 1. The van der Waals surface area contributed by atoms with Crippen molar-refractivity contribution in [1.82, 2.24) is 0 Å². The van der Waals surface area contributed by atoms with Crippen molar-refractivity contribution < 1.29 is 27.8 Å². The summed E-state index contributed by atoms with van der Waals surface area (Å²) in [6.07, 6.45) is -4.67. The van der Waals surface area contributed by atoms with Gasteiger partial charge < -0.3 is 9.84 Å². The van der Waals surface area contributed by atoms with Crippen LogP contribution in [0.25, 0.3) is 0 Å². The topological polar surface area (TPSA) is 71.2 Å². The highest BCUT2D eigenvalue weighted by Gasteiger charge is 2.65. The van der Waals surface area contributed by atoms with Gasteiger partial charge in [0, 0.05) is 5.56 Å². The molecule has 0 radical (unpaired) electrons. The molecule has 0 spiro atoms. The normalized spacial score (nSPS) is 16.4. The molecule has 0 bridgehead atoms. The van der Waals surface area contributed by atoms with Crippen molar-refractivity contribution in [2.75, 3.05) is 7.11 Å². The molecule has 0 atom stereocenters. The minimum atomic E-state index is -4.67. The molecule has 1 aliphatic heterocycles. The lowest BCUT2D eigenvalue weighted by atomic mass is 10.0. The van der Waals surface area contributed by atoms with Gasteiger partial charge in [-0.1, -0.05) is 6.07 Å². The first-order valence-corrected chi connectivity index (χ1v) is 4.74. The monoisotopic (exact) mass is 260 g/mol. The van der Waals surface area contributed by atoms with Crippen LogP contribution in [0.1, 0.15) is 15.9 Å². The van der Waals surface area contributed by atoms with Gasteiger partial charge in [0.1, 0.15) is 11.3 Å². The smallest absolute Gasteiger partial charge is 0.442 e. The van der Waals surface area contributed by atoms with Crippen LogP contribution >= 0.6 is 0 Å². The van der Waals surface area contributed by atoms with Crippen LogP contribution in [0.5, 0.6) is 5.75 Å². The third-order valence-corrected chi connectivity index (χ3v) is 2.50. The standard InChI is InChI=1S/C10H7F3N2O3/c1-18-8(17)6-3-2-5(4-7(6)16)9(14-15-9)10(11,12)13/h2-4,16H,1H3. The largest absolute Gasteiger partial charge is 0.507 e. The van der Waals surface area contributed by atoms with E-state index in [4.69, 9.17) is 0 Å². The fourth-order valence-electron chi connectivity index (χ4n) is 1.47. The van der Waals surface area contributed by atoms with Crippen molar-refractivity contribution in [3.63, 3.8) is 0 Å². The van der Waals surface area contributed by atoms with E-state index in [-0.39, 0.29) is 11.1 Å². The fraction of sp³-hybridized carbons (Fsp3) is 0.300. The summed E-state index contributed by atoms with van der Waals surface area (Å²) < 4.78 is 42.4. The van der Waals surface area contributed by atoms with Gasteiger partial charge in [-0.05, 0) is 12.1 Å². The van der Waals surface area contributed by atoms with Crippen molar-refractivity contribution in [1.29, 1.82) is 0 Å². The SMILES string of the molecule is COC(=O)c1ccc(C2(C(F)(F)F)N=N2)cc1O. The predicted octanol–water partition coefficient (Wildman–Crippen LogP) is 2.36. The minimum Gasteiger partial charge on any atom is -0.507 e. The summed E-state index contributed by atoms with van der Waals surface area (Å²) >= 11 is 0. The van der Waals surface area contributed by atoms with Crippen LogP contribution in [-0.4, -0.2) is 24.4 Å². The average molecular weight is 260 g/mol. The molecule has 2 rings (SSSR count). The zero-order valence-corrected chi connectivity index (χ0v) is 9.02. The van der Waals surface area contributed by atoms with Gasteiger partial charge in [-0.15, -0.1) is 10.2 Å². The third-order valence-electron chi connectivity index (χ3n) is 2.50. The van der Waals surface area contributed by atoms with E-state index >= 15 is 0 Å². The summed E-state index contributed by atoms with van der Waals surface area (Å²) in [6, 6.07) is 2.87. The number of carbonyl (C=O) groups is 1. The van der Waals surface area contributed by atoms with Crippen LogP contribution < -0.4 is 0 Å². The van der Waals surface area contributed by atoms with Gasteiger partial charge in [0.05, 0.1) is 7.11 Å². The molecule has 0 saturated carbocycles. The molecule has 0 amide bonds. The van der Waals surface area contributed by atoms with Gasteiger partial charge >= 0.3 is 17.8 Å². The summed E-state index contributed by atoms with van der Waals surface area (Å²) in [5.74, 6) is -1.45. The molecule has 5 nitrogen and oxygen atoms in total. The third kappa shape index (κ3) is 1.69. The van der Waals surface area contributed by atoms with Crippen molar-refractivity contribution in [3.05, 3.63) is 29.3 Å². The lowest BCUT2D eigenvalue weighted by Crippen LogP contribution is -2.30. The molecule has 0 unspecified atom stereocenters. The number of rotatable bonds is 2. The number of aromatic hydroxyl groups is 1. The van der Waals surface area contributed by atoms with Gasteiger partial charge in [0.2, 0.25) is 0 Å². The van der Waals surface area contributed by atoms with Crippen LogP contribution in [-0.2, 0) is 10.4 Å². The molecule has 96 valence electrons. The Balaban J connectivity index is 2.39. The first-order valence-electron chi connectivity index (χ1n) is 4.74. The second kappa shape index (κ2) is 3.69. The summed E-state index contributed by atoms with van der Waals surface area (Å²) in [6.45, 7) is 0. The summed E-state index contributed by atoms with van der Waals surface area (Å²) in [5, 5.41) is 15.5. The Bertz CT molecular complexity index is 534. The number of nitrogens with zero attached hydrogens (tertiary/aromatic N) is 2. The summed E-state index contributed by atoms with van der Waals surface area (Å²) in [5.41, 5.74) is -3.18. The molecule has 0 aromatic heterocycles. The molecule has 0 saturated heterocycles. The summed E-state index contributed by atoms with van der Waals surface area (Å²) in [4.78, 5) is 11.2. The van der Waals surface area contributed by atoms with E-state index < -0.39 is 23.6 Å². The Morgan fingerprint density at radius 2 is 2.00 bits per heavy atom. The molecule has 8 heteroatoms. The maximum absolute atomic E-state index is 12.7. The molecule has 1 aliphatic rings. The quantitative estimate of drug-likeness (QED) is 0.829. The van der Waals surface area contributed by atoms with E-state index in [1.165, 1.54) is 0 Å². The molecule has 0 fully saturated rings. The second-order valence-corrected chi connectivity index (χ2v) is 3.59. The maximum atomic E-state index is 12.7. The second-order valence-electron chi connectivity index (χ2n) is 3.59. The number of phenols is 1. The number of hydrogen-bond donors (Lipinski definition) is 1. The zero-order valence-electron chi connectivity index (χ0n) is 9.02. The fourth-order valence-corrected chi connectivity index (χ4v) is 1.47. The van der Waals surface area contributed by atoms with Crippen molar-refractivity contribution in [2.45, 2.75) is 11.8 Å². The number of phenolic OH excluding ortho intramolecular Hbond substituents is 1. The molecular weight excluding hydrogens is 253 g/mol. The van der Waals surface area contributed by atoms with Crippen molar-refractivity contribution in [2.24, 2.45) is 10.2 Å². The molecule has 18 heavy (non-hydrogen) atoms. The van der Waals surface area contributed by atoms with Gasteiger partial charge in [-0.2, -0.15) is 13.2 Å². The van der Waals surface area contributed by atoms with E-state index in [0.29, 0.717) is 0 Å². The lowest BCUT2D eigenvalue weighted by molar-refractivity contribution is -0.166. The molecular formula is C10H7F3N2O3. The number of esters is 1. The Morgan fingerprint density at radius 1 is 1.39 bits per heavy atom. The lowest BCUT2D eigenvalue weighted by Gasteiger charge is -2.15. The van der Waals surface area contributed by atoms with E-state index in [1.807, 2.05) is 0 Å². The predicted molar refractivity (Wildman–Crippen MR) is 52.0 cm³/mol. The highest BCUT2D eigenvalue weighted by molar-refractivity contribution is 5.92. The number of methoxy groups -OCH3 is 1. The van der Waals surface area contributed by atoms with Gasteiger partial charge in [0.15, 0.2) is 0 Å². The summed E-state index contributed by atoms with van der Waals surface area (Å²) in [7, 11) is 1.10. The van der Waals surface area contributed by atoms with E-state index in [0.717, 1.165) is 25.3 Å². The number of ether oxygens (including phenoxy) is 1. The van der Waals surface area contributed by atoms with Crippen LogP contribution in [0.2, 0.25) is 0 Å². The van der Waals surface area contributed by atoms with E-state index in [1.54, 1.807) is 0 Å². The molecule has 1 aromatic carbocycles. The Kier molecular flexibility index (Phi) is 2.53. The molecule has 1 N–H and O–H groups in total. The number of hydrogen-bond acceptors (Lipinski definition) is 5. The van der Waals surface area contributed by atoms with Crippen LogP contribution in [0, 0.1) is 0 Å². The number of alkyl halides is 3.